The normalized spacial score (nSPS) is 12.0. The summed E-state index contributed by atoms with van der Waals surface area (Å²) in [5.41, 5.74) is 0.907. The first-order chi connectivity index (χ1) is 8.89. The van der Waals surface area contributed by atoms with E-state index in [1.807, 2.05) is 11.4 Å². The molecular weight excluding hydrogens is 353 g/mol. The smallest absolute Gasteiger partial charge is 0.207 e. The second-order valence-electron chi connectivity index (χ2n) is 3.97. The van der Waals surface area contributed by atoms with E-state index in [0.717, 1.165) is 21.5 Å². The Balaban J connectivity index is 2.21. The van der Waals surface area contributed by atoms with E-state index in [1.165, 1.54) is 34.8 Å². The highest BCUT2D eigenvalue weighted by Crippen LogP contribution is 2.23. The van der Waals surface area contributed by atoms with Crippen molar-refractivity contribution in [1.82, 2.24) is 4.31 Å². The van der Waals surface area contributed by atoms with Gasteiger partial charge in [-0.1, -0.05) is 0 Å². The number of sulfonamides is 1. The number of halogens is 2. The number of rotatable bonds is 4. The van der Waals surface area contributed by atoms with Crippen molar-refractivity contribution in [3.63, 3.8) is 0 Å². The molecule has 0 aliphatic carbocycles. The Hall–Kier alpha value is -0.760. The zero-order chi connectivity index (χ0) is 14.0. The van der Waals surface area contributed by atoms with Crippen LogP contribution in [-0.2, 0) is 16.6 Å². The summed E-state index contributed by atoms with van der Waals surface area (Å²) in [6, 6.07) is 6.69. The van der Waals surface area contributed by atoms with Gasteiger partial charge in [-0.25, -0.2) is 12.8 Å². The molecule has 2 rings (SSSR count). The fourth-order valence-electron chi connectivity index (χ4n) is 1.56. The number of hydrogen-bond acceptors (Lipinski definition) is 3. The molecule has 0 N–H and O–H groups in total. The summed E-state index contributed by atoms with van der Waals surface area (Å²) in [4.78, 5) is 0.0886. The Morgan fingerprint density at radius 2 is 1.95 bits per heavy atom. The average molecular weight is 364 g/mol. The van der Waals surface area contributed by atoms with Crippen molar-refractivity contribution in [1.29, 1.82) is 0 Å². The summed E-state index contributed by atoms with van der Waals surface area (Å²) < 4.78 is 39.5. The Labute approximate surface area is 123 Å². The molecule has 0 aliphatic heterocycles. The molecule has 0 radical (unpaired) electrons. The highest BCUT2D eigenvalue weighted by molar-refractivity contribution is 9.11. The van der Waals surface area contributed by atoms with E-state index < -0.39 is 15.8 Å². The predicted octanol–water partition coefficient (Wildman–Crippen LogP) is 3.47. The fraction of sp³-hybridized carbons (Fsp3) is 0.167. The molecule has 0 bridgehead atoms. The highest BCUT2D eigenvalue weighted by atomic mass is 79.9. The Kier molecular flexibility index (Phi) is 4.39. The first kappa shape index (κ1) is 14.6. The van der Waals surface area contributed by atoms with Crippen LogP contribution in [0.4, 0.5) is 4.39 Å². The van der Waals surface area contributed by atoms with Crippen molar-refractivity contribution < 1.29 is 12.8 Å². The van der Waals surface area contributed by atoms with Crippen molar-refractivity contribution in [3.05, 3.63) is 50.9 Å². The topological polar surface area (TPSA) is 37.4 Å². The molecule has 19 heavy (non-hydrogen) atoms. The van der Waals surface area contributed by atoms with Crippen molar-refractivity contribution in [2.24, 2.45) is 0 Å². The van der Waals surface area contributed by atoms with Crippen LogP contribution in [0.1, 0.15) is 5.56 Å². The van der Waals surface area contributed by atoms with Crippen molar-refractivity contribution >= 4 is 37.3 Å². The van der Waals surface area contributed by atoms with Crippen LogP contribution in [-0.4, -0.2) is 19.8 Å². The van der Waals surface area contributed by atoms with Gasteiger partial charge in [0, 0.05) is 13.6 Å². The molecule has 0 saturated heterocycles. The summed E-state index contributed by atoms with van der Waals surface area (Å²) in [6.07, 6.45) is 0. The van der Waals surface area contributed by atoms with Gasteiger partial charge >= 0.3 is 0 Å². The lowest BCUT2D eigenvalue weighted by atomic mass is 10.3. The van der Waals surface area contributed by atoms with Crippen LogP contribution in [0.3, 0.4) is 0 Å². The fourth-order valence-corrected chi connectivity index (χ4v) is 3.92. The maximum absolute atomic E-state index is 12.8. The summed E-state index contributed by atoms with van der Waals surface area (Å²) in [5.74, 6) is -0.455. The maximum atomic E-state index is 12.8. The third kappa shape index (κ3) is 3.42. The van der Waals surface area contributed by atoms with Gasteiger partial charge in [-0.05, 0) is 57.2 Å². The number of nitrogens with zero attached hydrogens (tertiary/aromatic N) is 1. The van der Waals surface area contributed by atoms with Crippen molar-refractivity contribution in [3.8, 4) is 0 Å². The van der Waals surface area contributed by atoms with Crippen LogP contribution in [0.5, 0.6) is 0 Å². The molecule has 0 atom stereocenters. The van der Waals surface area contributed by atoms with Crippen LogP contribution >= 0.6 is 27.3 Å². The Morgan fingerprint density at radius 3 is 2.47 bits per heavy atom. The molecular formula is C12H11BrFNO2S2. The van der Waals surface area contributed by atoms with E-state index in [4.69, 9.17) is 0 Å². The number of benzene rings is 1. The maximum Gasteiger partial charge on any atom is 0.243 e. The molecule has 7 heteroatoms. The van der Waals surface area contributed by atoms with E-state index in [0.29, 0.717) is 0 Å². The average Bonchev–Trinajstić information content (AvgIpc) is 2.75. The minimum atomic E-state index is -3.59. The largest absolute Gasteiger partial charge is 0.243 e. The molecule has 0 fully saturated rings. The van der Waals surface area contributed by atoms with E-state index in [2.05, 4.69) is 15.9 Å². The van der Waals surface area contributed by atoms with Gasteiger partial charge in [0.15, 0.2) is 0 Å². The van der Waals surface area contributed by atoms with E-state index in [9.17, 15) is 12.8 Å². The van der Waals surface area contributed by atoms with Gasteiger partial charge in [-0.3, -0.25) is 0 Å². The van der Waals surface area contributed by atoms with Gasteiger partial charge in [0.1, 0.15) is 5.82 Å². The quantitative estimate of drug-likeness (QED) is 0.833. The second-order valence-corrected chi connectivity index (χ2v) is 8.31. The Morgan fingerprint density at radius 1 is 1.32 bits per heavy atom. The summed E-state index contributed by atoms with van der Waals surface area (Å²) in [6.45, 7) is 0.280. The van der Waals surface area contributed by atoms with Gasteiger partial charge in [0.05, 0.1) is 8.68 Å². The molecule has 0 aliphatic rings. The van der Waals surface area contributed by atoms with Crippen molar-refractivity contribution in [2.45, 2.75) is 11.4 Å². The number of thiophene rings is 1. The molecule has 0 saturated carbocycles. The van der Waals surface area contributed by atoms with Crippen LogP contribution in [0.2, 0.25) is 0 Å². The number of hydrogen-bond donors (Lipinski definition) is 0. The van der Waals surface area contributed by atoms with E-state index in [-0.39, 0.29) is 11.4 Å². The first-order valence-electron chi connectivity index (χ1n) is 5.34. The molecule has 0 spiro atoms. The minimum absolute atomic E-state index is 0.0886. The molecule has 1 heterocycles. The molecule has 0 unspecified atom stereocenters. The monoisotopic (exact) mass is 363 g/mol. The zero-order valence-electron chi connectivity index (χ0n) is 10.0. The third-order valence-corrected chi connectivity index (χ3v) is 5.92. The predicted molar refractivity (Wildman–Crippen MR) is 77.1 cm³/mol. The molecule has 102 valence electrons. The molecule has 1 aromatic carbocycles. The molecule has 3 nitrogen and oxygen atoms in total. The standard InChI is InChI=1S/C12H11BrFNO2S2/c1-15(7-9-6-12(13)18-8-9)19(16,17)11-4-2-10(14)3-5-11/h2-6,8H,7H2,1H3. The highest BCUT2D eigenvalue weighted by Gasteiger charge is 2.21. The Bertz CT molecular complexity index is 667. The lowest BCUT2D eigenvalue weighted by Crippen LogP contribution is -2.26. The summed E-state index contributed by atoms with van der Waals surface area (Å²) in [7, 11) is -2.08. The van der Waals surface area contributed by atoms with E-state index in [1.54, 1.807) is 0 Å². The van der Waals surface area contributed by atoms with Crippen LogP contribution in [0.15, 0.2) is 44.4 Å². The van der Waals surface area contributed by atoms with Crippen LogP contribution < -0.4 is 0 Å². The molecule has 2 aromatic rings. The summed E-state index contributed by atoms with van der Waals surface area (Å²) >= 11 is 4.83. The third-order valence-electron chi connectivity index (χ3n) is 2.55. The lowest BCUT2D eigenvalue weighted by Gasteiger charge is -2.16. The SMILES string of the molecule is CN(Cc1csc(Br)c1)S(=O)(=O)c1ccc(F)cc1. The van der Waals surface area contributed by atoms with Crippen LogP contribution in [0.25, 0.3) is 0 Å². The van der Waals surface area contributed by atoms with Crippen LogP contribution in [0, 0.1) is 5.82 Å². The van der Waals surface area contributed by atoms with Gasteiger partial charge in [0.2, 0.25) is 10.0 Å². The molecule has 1 aromatic heterocycles. The molecule has 0 amide bonds. The first-order valence-corrected chi connectivity index (χ1v) is 8.45. The van der Waals surface area contributed by atoms with Gasteiger partial charge in [-0.15, -0.1) is 11.3 Å². The minimum Gasteiger partial charge on any atom is -0.207 e. The lowest BCUT2D eigenvalue weighted by molar-refractivity contribution is 0.467. The van der Waals surface area contributed by atoms with Gasteiger partial charge in [-0.2, -0.15) is 4.31 Å². The van der Waals surface area contributed by atoms with Gasteiger partial charge in [0.25, 0.3) is 0 Å². The van der Waals surface area contributed by atoms with Gasteiger partial charge < -0.3 is 0 Å². The summed E-state index contributed by atoms with van der Waals surface area (Å²) in [5, 5.41) is 1.89. The van der Waals surface area contributed by atoms with E-state index >= 15 is 0 Å². The zero-order valence-corrected chi connectivity index (χ0v) is 13.2. The van der Waals surface area contributed by atoms with Crippen molar-refractivity contribution in [2.75, 3.05) is 7.05 Å². The second kappa shape index (κ2) is 5.70.